The van der Waals surface area contributed by atoms with E-state index in [1.807, 2.05) is 48.5 Å². The van der Waals surface area contributed by atoms with Gasteiger partial charge in [0.1, 0.15) is 5.84 Å². The average molecular weight is 403 g/mol. The van der Waals surface area contributed by atoms with Crippen LogP contribution in [0.5, 0.6) is 0 Å². The number of benzene rings is 2. The van der Waals surface area contributed by atoms with E-state index in [0.29, 0.717) is 25.2 Å². The van der Waals surface area contributed by atoms with E-state index in [1.165, 1.54) is 7.11 Å². The maximum Gasteiger partial charge on any atom is 0.324 e. The van der Waals surface area contributed by atoms with Crippen LogP contribution in [-0.2, 0) is 9.53 Å². The molecule has 2 amide bonds. The summed E-state index contributed by atoms with van der Waals surface area (Å²) in [6.45, 7) is 1.54. The number of carbonyl (C=O) groups excluding carboxylic acids is 2. The van der Waals surface area contributed by atoms with E-state index in [0.717, 1.165) is 16.8 Å². The first-order chi connectivity index (χ1) is 13.0. The Hall–Kier alpha value is -3.06. The molecule has 28 heavy (non-hydrogen) atoms. The van der Waals surface area contributed by atoms with Gasteiger partial charge in [-0.1, -0.05) is 36.4 Å². The third-order valence-corrected chi connectivity index (χ3v) is 4.62. The van der Waals surface area contributed by atoms with Crippen molar-refractivity contribution in [2.45, 2.75) is 6.42 Å². The zero-order valence-corrected chi connectivity index (χ0v) is 16.4. The minimum absolute atomic E-state index is 0. The summed E-state index contributed by atoms with van der Waals surface area (Å²) >= 11 is 0. The highest BCUT2D eigenvalue weighted by Crippen LogP contribution is 2.26. The summed E-state index contributed by atoms with van der Waals surface area (Å²) in [6, 6.07) is 15.1. The van der Waals surface area contributed by atoms with Crippen molar-refractivity contribution in [1.82, 2.24) is 4.90 Å². The third kappa shape index (κ3) is 4.61. The highest BCUT2D eigenvalue weighted by Gasteiger charge is 2.29. The number of nitrogens with two attached hydrogens (primary N) is 1. The monoisotopic (exact) mass is 402 g/mol. The Morgan fingerprint density at radius 3 is 2.18 bits per heavy atom. The van der Waals surface area contributed by atoms with Crippen molar-refractivity contribution in [1.29, 1.82) is 5.41 Å². The summed E-state index contributed by atoms with van der Waals surface area (Å²) in [6.07, 6.45) is 0.200. The standard InChI is InChI=1S/C20H22N4O3.ClH/c1-27-18(25)10-11-23-12-13-24(20(23)26)17-8-6-15(7-9-17)14-2-4-16(5-3-14)19(21)22;/h2-9H,10-13H2,1H3,(H3,21,22);1H. The molecule has 0 bridgehead atoms. The lowest BCUT2D eigenvalue weighted by molar-refractivity contribution is -0.140. The van der Waals surface area contributed by atoms with Crippen LogP contribution in [0.25, 0.3) is 11.1 Å². The molecule has 1 heterocycles. The molecular formula is C20H23ClN4O3. The number of rotatable bonds is 6. The predicted molar refractivity (Wildman–Crippen MR) is 111 cm³/mol. The fourth-order valence-corrected chi connectivity index (χ4v) is 3.03. The Morgan fingerprint density at radius 2 is 1.64 bits per heavy atom. The quantitative estimate of drug-likeness (QED) is 0.440. The SMILES string of the molecule is COC(=O)CCN1CCN(c2ccc(-c3ccc(C(=N)N)cc3)cc2)C1=O.Cl. The molecule has 3 N–H and O–H groups in total. The minimum atomic E-state index is -0.318. The zero-order chi connectivity index (χ0) is 19.4. The van der Waals surface area contributed by atoms with Crippen LogP contribution in [0.4, 0.5) is 10.5 Å². The van der Waals surface area contributed by atoms with E-state index < -0.39 is 0 Å². The van der Waals surface area contributed by atoms with Gasteiger partial charge in [-0.2, -0.15) is 0 Å². The molecule has 0 radical (unpaired) electrons. The number of nitrogens with zero attached hydrogens (tertiary/aromatic N) is 2. The van der Waals surface area contributed by atoms with Gasteiger partial charge in [0.25, 0.3) is 0 Å². The Balaban J connectivity index is 0.00000280. The number of amides is 2. The van der Waals surface area contributed by atoms with Crippen LogP contribution < -0.4 is 10.6 Å². The molecule has 0 aliphatic carbocycles. The van der Waals surface area contributed by atoms with Gasteiger partial charge in [-0.15, -0.1) is 12.4 Å². The van der Waals surface area contributed by atoms with Crippen LogP contribution >= 0.6 is 12.4 Å². The van der Waals surface area contributed by atoms with Crippen molar-refractivity contribution < 1.29 is 14.3 Å². The molecule has 0 spiro atoms. The summed E-state index contributed by atoms with van der Waals surface area (Å²) in [4.78, 5) is 27.2. The smallest absolute Gasteiger partial charge is 0.324 e. The van der Waals surface area contributed by atoms with E-state index in [-0.39, 0.29) is 36.7 Å². The Morgan fingerprint density at radius 1 is 1.07 bits per heavy atom. The van der Waals surface area contributed by atoms with Crippen molar-refractivity contribution in [2.75, 3.05) is 31.6 Å². The number of anilines is 1. The number of nitrogens with one attached hydrogen (secondary N) is 1. The highest BCUT2D eigenvalue weighted by atomic mass is 35.5. The number of urea groups is 1. The van der Waals surface area contributed by atoms with E-state index in [2.05, 4.69) is 4.74 Å². The molecule has 8 heteroatoms. The maximum atomic E-state index is 12.5. The maximum absolute atomic E-state index is 12.5. The number of ether oxygens (including phenoxy) is 1. The van der Waals surface area contributed by atoms with Gasteiger partial charge in [-0.25, -0.2) is 4.79 Å². The third-order valence-electron chi connectivity index (χ3n) is 4.62. The number of methoxy groups -OCH3 is 1. The lowest BCUT2D eigenvalue weighted by atomic mass is 10.0. The molecule has 0 unspecified atom stereocenters. The highest BCUT2D eigenvalue weighted by molar-refractivity contribution is 5.96. The van der Waals surface area contributed by atoms with Crippen molar-refractivity contribution in [3.8, 4) is 11.1 Å². The van der Waals surface area contributed by atoms with Gasteiger partial charge in [0.15, 0.2) is 0 Å². The first-order valence-electron chi connectivity index (χ1n) is 8.68. The lowest BCUT2D eigenvalue weighted by Gasteiger charge is -2.18. The van der Waals surface area contributed by atoms with E-state index in [1.54, 1.807) is 9.80 Å². The molecule has 7 nitrogen and oxygen atoms in total. The van der Waals surface area contributed by atoms with Gasteiger partial charge in [0.2, 0.25) is 0 Å². The molecular weight excluding hydrogens is 380 g/mol. The van der Waals surface area contributed by atoms with E-state index >= 15 is 0 Å². The number of nitrogen functional groups attached to an aromatic ring is 1. The second-order valence-corrected chi connectivity index (χ2v) is 6.29. The minimum Gasteiger partial charge on any atom is -0.469 e. The molecule has 3 rings (SSSR count). The Bertz CT molecular complexity index is 853. The second kappa shape index (κ2) is 9.23. The van der Waals surface area contributed by atoms with Crippen LogP contribution in [0.3, 0.4) is 0 Å². The fraction of sp³-hybridized carbons (Fsp3) is 0.250. The first kappa shape index (κ1) is 21.2. The van der Waals surface area contributed by atoms with Gasteiger partial charge < -0.3 is 15.4 Å². The molecule has 0 aromatic heterocycles. The zero-order valence-electron chi connectivity index (χ0n) is 15.6. The van der Waals surface area contributed by atoms with Crippen molar-refractivity contribution in [3.63, 3.8) is 0 Å². The summed E-state index contributed by atoms with van der Waals surface area (Å²) in [7, 11) is 1.34. The van der Waals surface area contributed by atoms with Gasteiger partial charge in [0.05, 0.1) is 13.5 Å². The molecule has 0 atom stereocenters. The summed E-state index contributed by atoms with van der Waals surface area (Å²) in [5, 5.41) is 7.44. The lowest BCUT2D eigenvalue weighted by Crippen LogP contribution is -2.33. The van der Waals surface area contributed by atoms with Crippen molar-refractivity contribution in [2.24, 2.45) is 5.73 Å². The van der Waals surface area contributed by atoms with E-state index in [9.17, 15) is 9.59 Å². The molecule has 0 saturated carbocycles. The van der Waals surface area contributed by atoms with Gasteiger partial charge in [-0.3, -0.25) is 15.1 Å². The Kier molecular flexibility index (Phi) is 7.00. The largest absolute Gasteiger partial charge is 0.469 e. The van der Waals surface area contributed by atoms with Crippen LogP contribution in [0.1, 0.15) is 12.0 Å². The topological polar surface area (TPSA) is 99.7 Å². The molecule has 1 saturated heterocycles. The molecule has 1 aliphatic rings. The van der Waals surface area contributed by atoms with Crippen molar-refractivity contribution in [3.05, 3.63) is 54.1 Å². The first-order valence-corrected chi connectivity index (χ1v) is 8.68. The number of esters is 1. The molecule has 148 valence electrons. The summed E-state index contributed by atoms with van der Waals surface area (Å²) < 4.78 is 4.62. The van der Waals surface area contributed by atoms with Crippen LogP contribution in [-0.4, -0.2) is 49.5 Å². The van der Waals surface area contributed by atoms with Crippen LogP contribution in [0.15, 0.2) is 48.5 Å². The summed E-state index contributed by atoms with van der Waals surface area (Å²) in [5.74, 6) is -0.275. The molecule has 1 fully saturated rings. The second-order valence-electron chi connectivity index (χ2n) is 6.29. The van der Waals surface area contributed by atoms with Crippen LogP contribution in [0, 0.1) is 5.41 Å². The number of hydrogen-bond acceptors (Lipinski definition) is 4. The number of carbonyl (C=O) groups is 2. The Labute approximate surface area is 170 Å². The molecule has 2 aromatic rings. The average Bonchev–Trinajstić information content (AvgIpc) is 3.06. The van der Waals surface area contributed by atoms with Gasteiger partial charge in [-0.05, 0) is 23.3 Å². The van der Waals surface area contributed by atoms with Crippen LogP contribution in [0.2, 0.25) is 0 Å². The number of amidine groups is 1. The predicted octanol–water partition coefficient (Wildman–Crippen LogP) is 2.86. The molecule has 1 aliphatic heterocycles. The van der Waals surface area contributed by atoms with Crippen molar-refractivity contribution >= 4 is 35.9 Å². The summed E-state index contributed by atoms with van der Waals surface area (Å²) in [5.41, 5.74) is 9.02. The number of hydrogen-bond donors (Lipinski definition) is 2. The molecule has 2 aromatic carbocycles. The van der Waals surface area contributed by atoms with Gasteiger partial charge in [0, 0.05) is 30.9 Å². The fourth-order valence-electron chi connectivity index (χ4n) is 3.03. The normalized spacial score (nSPS) is 13.2. The number of halogens is 1. The van der Waals surface area contributed by atoms with E-state index in [4.69, 9.17) is 11.1 Å². The van der Waals surface area contributed by atoms with Gasteiger partial charge >= 0.3 is 12.0 Å².